The molecule has 4 heteroatoms. The summed E-state index contributed by atoms with van der Waals surface area (Å²) in [6.07, 6.45) is 5.28. The Bertz CT molecular complexity index is 775. The number of benzene rings is 2. The maximum Gasteiger partial charge on any atom is 0.176 e. The van der Waals surface area contributed by atoms with Gasteiger partial charge >= 0.3 is 0 Å². The van der Waals surface area contributed by atoms with Crippen LogP contribution in [0.25, 0.3) is 10.8 Å². The summed E-state index contributed by atoms with van der Waals surface area (Å²) in [7, 11) is 3.32. The smallest absolute Gasteiger partial charge is 0.176 e. The van der Waals surface area contributed by atoms with Gasteiger partial charge < -0.3 is 21.9 Å². The molecule has 3 aromatic rings. The molecular weight excluding hydrogens is 310 g/mol. The first-order valence-electron chi connectivity index (χ1n) is 7.39. The SMILES string of the molecule is COc1cc2cc[n+](CCc3ccccc3)cc2cc1OC.[Cl-]. The number of rotatable bonds is 5. The van der Waals surface area contributed by atoms with E-state index in [9.17, 15) is 0 Å². The van der Waals surface area contributed by atoms with Gasteiger partial charge in [-0.25, -0.2) is 4.57 Å². The Morgan fingerprint density at radius 2 is 1.52 bits per heavy atom. The number of aryl methyl sites for hydroxylation is 2. The summed E-state index contributed by atoms with van der Waals surface area (Å²) >= 11 is 0. The molecule has 0 aliphatic carbocycles. The Morgan fingerprint density at radius 3 is 2.17 bits per heavy atom. The van der Waals surface area contributed by atoms with Gasteiger partial charge in [-0.05, 0) is 23.1 Å². The van der Waals surface area contributed by atoms with E-state index in [4.69, 9.17) is 9.47 Å². The van der Waals surface area contributed by atoms with Crippen LogP contribution in [0.3, 0.4) is 0 Å². The molecule has 0 saturated heterocycles. The molecule has 0 aliphatic rings. The molecule has 23 heavy (non-hydrogen) atoms. The number of aromatic nitrogens is 1. The van der Waals surface area contributed by atoms with Gasteiger partial charge in [0.25, 0.3) is 0 Å². The molecule has 2 aromatic carbocycles. The first-order chi connectivity index (χ1) is 10.8. The topological polar surface area (TPSA) is 22.3 Å². The fraction of sp³-hybridized carbons (Fsp3) is 0.211. The number of halogens is 1. The minimum atomic E-state index is 0. The van der Waals surface area contributed by atoms with Crippen LogP contribution in [0.4, 0.5) is 0 Å². The van der Waals surface area contributed by atoms with Crippen molar-refractivity contribution in [3.05, 3.63) is 66.5 Å². The quantitative estimate of drug-likeness (QED) is 0.632. The summed E-state index contributed by atoms with van der Waals surface area (Å²) < 4.78 is 12.9. The van der Waals surface area contributed by atoms with Gasteiger partial charge in [0.05, 0.1) is 14.2 Å². The predicted molar refractivity (Wildman–Crippen MR) is 87.4 cm³/mol. The van der Waals surface area contributed by atoms with Gasteiger partial charge in [0.1, 0.15) is 0 Å². The lowest BCUT2D eigenvalue weighted by Gasteiger charge is -2.08. The van der Waals surface area contributed by atoms with Crippen molar-refractivity contribution in [1.82, 2.24) is 0 Å². The van der Waals surface area contributed by atoms with Crippen molar-refractivity contribution in [2.24, 2.45) is 0 Å². The molecular formula is C19H20ClNO2. The van der Waals surface area contributed by atoms with Gasteiger partial charge in [0.15, 0.2) is 30.4 Å². The number of hydrogen-bond acceptors (Lipinski definition) is 2. The highest BCUT2D eigenvalue weighted by Gasteiger charge is 2.09. The molecule has 0 spiro atoms. The monoisotopic (exact) mass is 329 g/mol. The summed E-state index contributed by atoms with van der Waals surface area (Å²) in [5.74, 6) is 1.52. The molecule has 0 atom stereocenters. The zero-order chi connectivity index (χ0) is 15.4. The third-order valence-electron chi connectivity index (χ3n) is 3.84. The number of pyridine rings is 1. The molecule has 3 nitrogen and oxygen atoms in total. The van der Waals surface area contributed by atoms with Crippen molar-refractivity contribution in [2.75, 3.05) is 14.2 Å². The fourth-order valence-corrected chi connectivity index (χ4v) is 2.61. The molecule has 0 bridgehead atoms. The van der Waals surface area contributed by atoms with Gasteiger partial charge in [0, 0.05) is 17.9 Å². The Labute approximate surface area is 142 Å². The summed E-state index contributed by atoms with van der Waals surface area (Å²) in [6, 6.07) is 16.7. The van der Waals surface area contributed by atoms with E-state index in [1.165, 1.54) is 5.56 Å². The van der Waals surface area contributed by atoms with Crippen LogP contribution in [0.5, 0.6) is 11.5 Å². The number of fused-ring (bicyclic) bond motifs is 1. The Kier molecular flexibility index (Phi) is 5.83. The third kappa shape index (κ3) is 3.93. The standard InChI is InChI=1S/C19H20NO2.ClH/c1-21-18-12-16-9-11-20(14-17(16)13-19(18)22-2)10-8-15-6-4-3-5-7-15;/h3-7,9,11-14H,8,10H2,1-2H3;1H/q+1;/p-1. The Morgan fingerprint density at radius 1 is 0.870 bits per heavy atom. The van der Waals surface area contributed by atoms with Crippen molar-refractivity contribution in [3.63, 3.8) is 0 Å². The van der Waals surface area contributed by atoms with E-state index in [1.807, 2.05) is 18.2 Å². The van der Waals surface area contributed by atoms with Crippen LogP contribution in [0.15, 0.2) is 60.9 Å². The maximum atomic E-state index is 5.38. The average molecular weight is 330 g/mol. The minimum absolute atomic E-state index is 0. The van der Waals surface area contributed by atoms with E-state index in [2.05, 4.69) is 47.3 Å². The molecule has 0 N–H and O–H groups in total. The normalized spacial score (nSPS) is 10.2. The van der Waals surface area contributed by atoms with E-state index < -0.39 is 0 Å². The van der Waals surface area contributed by atoms with Crippen molar-refractivity contribution in [2.45, 2.75) is 13.0 Å². The second kappa shape index (κ2) is 7.84. The predicted octanol–water partition coefficient (Wildman–Crippen LogP) is 0.391. The lowest BCUT2D eigenvalue weighted by atomic mass is 10.1. The van der Waals surface area contributed by atoms with Crippen molar-refractivity contribution in [1.29, 1.82) is 0 Å². The van der Waals surface area contributed by atoms with E-state index in [0.29, 0.717) is 0 Å². The summed E-state index contributed by atoms with van der Waals surface area (Å²) in [4.78, 5) is 0. The lowest BCUT2D eigenvalue weighted by molar-refractivity contribution is -0.695. The second-order valence-electron chi connectivity index (χ2n) is 5.25. The molecule has 0 amide bonds. The highest BCUT2D eigenvalue weighted by Crippen LogP contribution is 2.31. The number of ether oxygens (including phenoxy) is 2. The van der Waals surface area contributed by atoms with Crippen LogP contribution in [-0.4, -0.2) is 14.2 Å². The van der Waals surface area contributed by atoms with Crippen molar-refractivity contribution >= 4 is 10.8 Å². The summed E-state index contributed by atoms with van der Waals surface area (Å²) in [6.45, 7) is 0.953. The molecule has 1 heterocycles. The second-order valence-corrected chi connectivity index (χ2v) is 5.25. The maximum absolute atomic E-state index is 5.38. The molecule has 0 unspecified atom stereocenters. The highest BCUT2D eigenvalue weighted by atomic mass is 35.5. The van der Waals surface area contributed by atoms with Gasteiger partial charge in [-0.2, -0.15) is 0 Å². The third-order valence-corrected chi connectivity index (χ3v) is 3.84. The minimum Gasteiger partial charge on any atom is -1.00 e. The Balaban J connectivity index is 0.00000192. The van der Waals surface area contributed by atoms with Crippen LogP contribution < -0.4 is 26.4 Å². The van der Waals surface area contributed by atoms with Crippen LogP contribution in [-0.2, 0) is 13.0 Å². The first-order valence-corrected chi connectivity index (χ1v) is 7.39. The zero-order valence-corrected chi connectivity index (χ0v) is 14.1. The van der Waals surface area contributed by atoms with Crippen LogP contribution in [0.2, 0.25) is 0 Å². The Hall–Kier alpha value is -2.26. The zero-order valence-electron chi connectivity index (χ0n) is 13.3. The highest BCUT2D eigenvalue weighted by molar-refractivity contribution is 5.84. The average Bonchev–Trinajstić information content (AvgIpc) is 2.59. The molecule has 0 aliphatic heterocycles. The van der Waals surface area contributed by atoms with Crippen molar-refractivity contribution < 1.29 is 26.4 Å². The molecule has 0 saturated carbocycles. The van der Waals surface area contributed by atoms with E-state index >= 15 is 0 Å². The van der Waals surface area contributed by atoms with Gasteiger partial charge in [-0.3, -0.25) is 0 Å². The molecule has 3 rings (SSSR count). The van der Waals surface area contributed by atoms with Gasteiger partial charge in [-0.15, -0.1) is 0 Å². The van der Waals surface area contributed by atoms with Gasteiger partial charge in [0.2, 0.25) is 0 Å². The first kappa shape index (κ1) is 17.1. The largest absolute Gasteiger partial charge is 1.00 e. The number of methoxy groups -OCH3 is 2. The number of hydrogen-bond donors (Lipinski definition) is 0. The number of nitrogens with zero attached hydrogens (tertiary/aromatic N) is 1. The summed E-state index contributed by atoms with van der Waals surface area (Å²) in [5.41, 5.74) is 1.35. The molecule has 0 radical (unpaired) electrons. The van der Waals surface area contributed by atoms with E-state index in [1.54, 1.807) is 14.2 Å². The molecule has 1 aromatic heterocycles. The molecule has 120 valence electrons. The lowest BCUT2D eigenvalue weighted by Crippen LogP contribution is -3.00. The van der Waals surface area contributed by atoms with E-state index in [0.717, 1.165) is 35.2 Å². The van der Waals surface area contributed by atoms with Gasteiger partial charge in [-0.1, -0.05) is 30.3 Å². The molecule has 0 fully saturated rings. The fourth-order valence-electron chi connectivity index (χ4n) is 2.61. The van der Waals surface area contributed by atoms with Crippen molar-refractivity contribution in [3.8, 4) is 11.5 Å². The van der Waals surface area contributed by atoms with Crippen LogP contribution in [0.1, 0.15) is 5.56 Å². The summed E-state index contributed by atoms with van der Waals surface area (Å²) in [5, 5.41) is 2.29. The van der Waals surface area contributed by atoms with Crippen LogP contribution >= 0.6 is 0 Å². The van der Waals surface area contributed by atoms with Crippen LogP contribution in [0, 0.1) is 0 Å². The van der Waals surface area contributed by atoms with E-state index in [-0.39, 0.29) is 12.4 Å².